The van der Waals surface area contributed by atoms with Crippen molar-refractivity contribution in [2.45, 2.75) is 32.4 Å². The normalized spacial score (nSPS) is 13.9. The van der Waals surface area contributed by atoms with Gasteiger partial charge < -0.3 is 15.7 Å². The van der Waals surface area contributed by atoms with Gasteiger partial charge in [-0.1, -0.05) is 23.7 Å². The molecule has 19 heavy (non-hydrogen) atoms. The summed E-state index contributed by atoms with van der Waals surface area (Å²) in [6.45, 7) is 4.82. The van der Waals surface area contributed by atoms with E-state index in [2.05, 4.69) is 10.6 Å². The van der Waals surface area contributed by atoms with Crippen molar-refractivity contribution in [3.8, 4) is 0 Å². The largest absolute Gasteiger partial charge is 0.387 e. The van der Waals surface area contributed by atoms with E-state index in [4.69, 9.17) is 11.6 Å². The molecule has 0 fully saturated rings. The summed E-state index contributed by atoms with van der Waals surface area (Å²) in [7, 11) is 0. The van der Waals surface area contributed by atoms with Gasteiger partial charge in [0, 0.05) is 24.5 Å². The van der Waals surface area contributed by atoms with Crippen LogP contribution in [0.25, 0.3) is 0 Å². The van der Waals surface area contributed by atoms with Gasteiger partial charge in [-0.15, -0.1) is 0 Å². The Labute approximate surface area is 119 Å². The number of rotatable bonds is 7. The van der Waals surface area contributed by atoms with Gasteiger partial charge in [0.2, 0.25) is 5.91 Å². The highest BCUT2D eigenvalue weighted by Gasteiger charge is 2.15. The van der Waals surface area contributed by atoms with Crippen molar-refractivity contribution in [3.63, 3.8) is 0 Å². The topological polar surface area (TPSA) is 61.4 Å². The molecule has 0 saturated heterocycles. The van der Waals surface area contributed by atoms with E-state index in [0.717, 1.165) is 18.5 Å². The molecule has 0 aliphatic rings. The van der Waals surface area contributed by atoms with Gasteiger partial charge in [-0.2, -0.15) is 0 Å². The highest BCUT2D eigenvalue weighted by molar-refractivity contribution is 6.30. The van der Waals surface area contributed by atoms with Crippen molar-refractivity contribution in [2.24, 2.45) is 0 Å². The minimum Gasteiger partial charge on any atom is -0.387 e. The summed E-state index contributed by atoms with van der Waals surface area (Å²) in [4.78, 5) is 10.7. The van der Waals surface area contributed by atoms with Gasteiger partial charge in [0.1, 0.15) is 0 Å². The number of carbonyl (C=O) groups excluding carboxylic acids is 1. The van der Waals surface area contributed by atoms with Gasteiger partial charge >= 0.3 is 0 Å². The van der Waals surface area contributed by atoms with Crippen molar-refractivity contribution >= 4 is 17.5 Å². The summed E-state index contributed by atoms with van der Waals surface area (Å²) >= 11 is 5.81. The standard InChI is InChI=1S/C14H21ClN2O2/c1-10(16-8-3-9-17-11(2)18)14(19)12-4-6-13(15)7-5-12/h4-7,10,14,16,19H,3,8-9H2,1-2H3,(H,17,18). The molecule has 3 N–H and O–H groups in total. The van der Waals surface area contributed by atoms with E-state index in [1.807, 2.05) is 19.1 Å². The maximum absolute atomic E-state index is 10.7. The summed E-state index contributed by atoms with van der Waals surface area (Å²) in [5.41, 5.74) is 0.839. The number of hydrogen-bond donors (Lipinski definition) is 3. The number of hydrogen-bond acceptors (Lipinski definition) is 3. The zero-order valence-corrected chi connectivity index (χ0v) is 12.1. The zero-order chi connectivity index (χ0) is 14.3. The lowest BCUT2D eigenvalue weighted by Crippen LogP contribution is -2.34. The summed E-state index contributed by atoms with van der Waals surface area (Å²) < 4.78 is 0. The molecule has 106 valence electrons. The van der Waals surface area contributed by atoms with Crippen LogP contribution in [0, 0.1) is 0 Å². The van der Waals surface area contributed by atoms with E-state index in [1.165, 1.54) is 6.92 Å². The van der Waals surface area contributed by atoms with Crippen LogP contribution in [-0.2, 0) is 4.79 Å². The molecule has 2 unspecified atom stereocenters. The molecule has 1 aromatic carbocycles. The second-order valence-electron chi connectivity index (χ2n) is 4.58. The Morgan fingerprint density at radius 2 is 1.95 bits per heavy atom. The Morgan fingerprint density at radius 1 is 1.32 bits per heavy atom. The number of benzene rings is 1. The first-order valence-electron chi connectivity index (χ1n) is 6.42. The van der Waals surface area contributed by atoms with Gasteiger partial charge in [0.05, 0.1) is 6.10 Å². The molecule has 0 heterocycles. The minimum atomic E-state index is -0.571. The van der Waals surface area contributed by atoms with E-state index >= 15 is 0 Å². The smallest absolute Gasteiger partial charge is 0.216 e. The van der Waals surface area contributed by atoms with Crippen LogP contribution in [0.2, 0.25) is 5.02 Å². The van der Waals surface area contributed by atoms with Crippen molar-refractivity contribution in [3.05, 3.63) is 34.9 Å². The first-order chi connectivity index (χ1) is 9.00. The average Bonchev–Trinajstić information content (AvgIpc) is 2.37. The van der Waals surface area contributed by atoms with Crippen molar-refractivity contribution < 1.29 is 9.90 Å². The highest BCUT2D eigenvalue weighted by Crippen LogP contribution is 2.19. The lowest BCUT2D eigenvalue weighted by atomic mass is 10.0. The zero-order valence-electron chi connectivity index (χ0n) is 11.3. The number of nitrogens with one attached hydrogen (secondary N) is 2. The van der Waals surface area contributed by atoms with Gasteiger partial charge in [0.25, 0.3) is 0 Å². The highest BCUT2D eigenvalue weighted by atomic mass is 35.5. The van der Waals surface area contributed by atoms with Gasteiger partial charge in [0.15, 0.2) is 0 Å². The van der Waals surface area contributed by atoms with Gasteiger partial charge in [-0.3, -0.25) is 4.79 Å². The predicted octanol–water partition coefficient (Wildman–Crippen LogP) is 1.88. The van der Waals surface area contributed by atoms with Crippen molar-refractivity contribution in [2.75, 3.05) is 13.1 Å². The molecule has 1 amide bonds. The second kappa shape index (κ2) is 8.15. The third-order valence-electron chi connectivity index (χ3n) is 2.88. The summed E-state index contributed by atoms with van der Waals surface area (Å²) in [5, 5.41) is 16.8. The first kappa shape index (κ1) is 16.0. The fraction of sp³-hybridized carbons (Fsp3) is 0.500. The molecule has 0 aliphatic heterocycles. The van der Waals surface area contributed by atoms with E-state index in [0.29, 0.717) is 11.6 Å². The van der Waals surface area contributed by atoms with Crippen LogP contribution in [0.1, 0.15) is 31.9 Å². The lowest BCUT2D eigenvalue weighted by molar-refractivity contribution is -0.118. The van der Waals surface area contributed by atoms with Crippen molar-refractivity contribution in [1.82, 2.24) is 10.6 Å². The molecule has 0 saturated carbocycles. The molecule has 2 atom stereocenters. The second-order valence-corrected chi connectivity index (χ2v) is 5.01. The number of aliphatic hydroxyl groups is 1. The number of halogens is 1. The first-order valence-corrected chi connectivity index (χ1v) is 6.80. The maximum Gasteiger partial charge on any atom is 0.216 e. The van der Waals surface area contributed by atoms with Crippen LogP contribution in [0.15, 0.2) is 24.3 Å². The molecule has 1 aromatic rings. The Bertz CT molecular complexity index is 395. The van der Waals surface area contributed by atoms with Crippen molar-refractivity contribution in [1.29, 1.82) is 0 Å². The summed E-state index contributed by atoms with van der Waals surface area (Å²) in [5.74, 6) is -0.0192. The fourth-order valence-corrected chi connectivity index (χ4v) is 1.87. The molecular formula is C14H21ClN2O2. The molecule has 0 aromatic heterocycles. The van der Waals surface area contributed by atoms with Crippen LogP contribution >= 0.6 is 11.6 Å². The molecule has 0 aliphatic carbocycles. The van der Waals surface area contributed by atoms with E-state index in [1.54, 1.807) is 12.1 Å². The maximum atomic E-state index is 10.7. The van der Waals surface area contributed by atoms with Gasteiger partial charge in [-0.25, -0.2) is 0 Å². The quantitative estimate of drug-likeness (QED) is 0.670. The minimum absolute atomic E-state index is 0.0192. The summed E-state index contributed by atoms with van der Waals surface area (Å²) in [6, 6.07) is 7.12. The van der Waals surface area contributed by atoms with Crippen LogP contribution in [0.4, 0.5) is 0 Å². The van der Waals surface area contributed by atoms with Gasteiger partial charge in [-0.05, 0) is 37.6 Å². The predicted molar refractivity (Wildman–Crippen MR) is 77.2 cm³/mol. The van der Waals surface area contributed by atoms with E-state index in [-0.39, 0.29) is 11.9 Å². The monoisotopic (exact) mass is 284 g/mol. The number of carbonyl (C=O) groups is 1. The fourth-order valence-electron chi connectivity index (χ4n) is 1.74. The Balaban J connectivity index is 2.30. The summed E-state index contributed by atoms with van der Waals surface area (Å²) in [6.07, 6.45) is 0.259. The lowest BCUT2D eigenvalue weighted by Gasteiger charge is -2.20. The molecule has 0 spiro atoms. The van der Waals surface area contributed by atoms with E-state index < -0.39 is 6.10 Å². The Kier molecular flexibility index (Phi) is 6.84. The van der Waals surface area contributed by atoms with Crippen LogP contribution < -0.4 is 10.6 Å². The van der Waals surface area contributed by atoms with Crippen LogP contribution in [-0.4, -0.2) is 30.1 Å². The van der Waals surface area contributed by atoms with Crippen LogP contribution in [0.5, 0.6) is 0 Å². The molecule has 1 rings (SSSR count). The molecular weight excluding hydrogens is 264 g/mol. The third kappa shape index (κ3) is 6.05. The number of aliphatic hydroxyl groups excluding tert-OH is 1. The molecule has 0 radical (unpaired) electrons. The molecule has 4 nitrogen and oxygen atoms in total. The molecule has 5 heteroatoms. The third-order valence-corrected chi connectivity index (χ3v) is 3.13. The van der Waals surface area contributed by atoms with Crippen LogP contribution in [0.3, 0.4) is 0 Å². The molecule has 0 bridgehead atoms. The Hall–Kier alpha value is -1.10. The Morgan fingerprint density at radius 3 is 2.53 bits per heavy atom. The SMILES string of the molecule is CC(=O)NCCCNC(C)C(O)c1ccc(Cl)cc1. The average molecular weight is 285 g/mol. The number of amides is 1. The van der Waals surface area contributed by atoms with E-state index in [9.17, 15) is 9.90 Å².